The van der Waals surface area contributed by atoms with Crippen molar-refractivity contribution in [2.75, 3.05) is 11.9 Å². The van der Waals surface area contributed by atoms with E-state index in [1.807, 2.05) is 32.0 Å². The summed E-state index contributed by atoms with van der Waals surface area (Å²) in [5.74, 6) is -1.95. The van der Waals surface area contributed by atoms with Gasteiger partial charge in [0.2, 0.25) is 11.8 Å². The zero-order chi connectivity index (χ0) is 27.8. The number of anilines is 1. The van der Waals surface area contributed by atoms with Gasteiger partial charge in [-0.2, -0.15) is 0 Å². The molecule has 0 aromatic heterocycles. The SMILES string of the molecule is C=CCN(C(=O)C(CC(N)=O)NC(=O)OC(C)(C)C)C(C(=O)Nc1ccccc1C)c1cccc(C)c1. The molecule has 2 rings (SSSR count). The Bertz CT molecular complexity index is 1160. The van der Waals surface area contributed by atoms with Crippen LogP contribution < -0.4 is 16.4 Å². The summed E-state index contributed by atoms with van der Waals surface area (Å²) in [6.45, 7) is 12.4. The molecule has 9 nitrogen and oxygen atoms in total. The summed E-state index contributed by atoms with van der Waals surface area (Å²) in [7, 11) is 0. The van der Waals surface area contributed by atoms with E-state index in [0.29, 0.717) is 11.3 Å². The van der Waals surface area contributed by atoms with Gasteiger partial charge in [0.25, 0.3) is 5.91 Å². The van der Waals surface area contributed by atoms with Crippen molar-refractivity contribution in [1.82, 2.24) is 10.2 Å². The van der Waals surface area contributed by atoms with E-state index in [4.69, 9.17) is 10.5 Å². The molecule has 0 fully saturated rings. The van der Waals surface area contributed by atoms with Crippen LogP contribution in [0.25, 0.3) is 0 Å². The lowest BCUT2D eigenvalue weighted by molar-refractivity contribution is -0.141. The van der Waals surface area contributed by atoms with Crippen LogP contribution in [0.1, 0.15) is 49.9 Å². The number of nitrogens with two attached hydrogens (primary N) is 1. The van der Waals surface area contributed by atoms with Crippen LogP contribution in [-0.2, 0) is 19.1 Å². The summed E-state index contributed by atoms with van der Waals surface area (Å²) in [5, 5.41) is 5.34. The number of amides is 4. The first kappa shape index (κ1) is 29.1. The van der Waals surface area contributed by atoms with Crippen LogP contribution in [0.3, 0.4) is 0 Å². The fourth-order valence-corrected chi connectivity index (χ4v) is 3.74. The van der Waals surface area contributed by atoms with Gasteiger partial charge in [-0.3, -0.25) is 14.4 Å². The van der Waals surface area contributed by atoms with Crippen LogP contribution in [0.15, 0.2) is 61.2 Å². The van der Waals surface area contributed by atoms with Crippen LogP contribution in [0, 0.1) is 13.8 Å². The van der Waals surface area contributed by atoms with Crippen molar-refractivity contribution in [3.05, 3.63) is 77.9 Å². The van der Waals surface area contributed by atoms with Crippen molar-refractivity contribution in [1.29, 1.82) is 0 Å². The van der Waals surface area contributed by atoms with Crippen LogP contribution in [0.4, 0.5) is 10.5 Å². The Morgan fingerprint density at radius 1 is 1.08 bits per heavy atom. The van der Waals surface area contributed by atoms with Gasteiger partial charge in [-0.1, -0.05) is 54.1 Å². The molecule has 0 aliphatic carbocycles. The van der Waals surface area contributed by atoms with Crippen molar-refractivity contribution in [2.45, 2.75) is 58.7 Å². The lowest BCUT2D eigenvalue weighted by atomic mass is 10.00. The second-order valence-electron chi connectivity index (χ2n) is 9.77. The summed E-state index contributed by atoms with van der Waals surface area (Å²) >= 11 is 0. The van der Waals surface area contributed by atoms with Gasteiger partial charge >= 0.3 is 6.09 Å². The Labute approximate surface area is 218 Å². The summed E-state index contributed by atoms with van der Waals surface area (Å²) in [6.07, 6.45) is 0.101. The number of ether oxygens (including phenoxy) is 1. The molecule has 0 aliphatic heterocycles. The Morgan fingerprint density at radius 3 is 2.32 bits per heavy atom. The highest BCUT2D eigenvalue weighted by Crippen LogP contribution is 2.26. The van der Waals surface area contributed by atoms with Crippen molar-refractivity contribution in [2.24, 2.45) is 5.73 Å². The van der Waals surface area contributed by atoms with E-state index in [2.05, 4.69) is 17.2 Å². The maximum atomic E-state index is 13.8. The van der Waals surface area contributed by atoms with E-state index in [0.717, 1.165) is 11.1 Å². The summed E-state index contributed by atoms with van der Waals surface area (Å²) in [5.41, 5.74) is 7.44. The smallest absolute Gasteiger partial charge is 0.408 e. The quantitative estimate of drug-likeness (QED) is 0.421. The number of nitrogens with one attached hydrogen (secondary N) is 2. The third-order valence-electron chi connectivity index (χ3n) is 5.32. The predicted octanol–water partition coefficient (Wildman–Crippen LogP) is 3.77. The molecule has 2 unspecified atom stereocenters. The molecule has 2 atom stereocenters. The molecule has 2 aromatic carbocycles. The van der Waals surface area contributed by atoms with Gasteiger partial charge < -0.3 is 26.0 Å². The molecule has 9 heteroatoms. The number of alkyl carbamates (subject to hydrolysis) is 1. The first-order valence-corrected chi connectivity index (χ1v) is 11.9. The Morgan fingerprint density at radius 2 is 1.76 bits per heavy atom. The lowest BCUT2D eigenvalue weighted by Gasteiger charge is -2.33. The van der Waals surface area contributed by atoms with Crippen LogP contribution in [0.5, 0.6) is 0 Å². The van der Waals surface area contributed by atoms with Crippen LogP contribution in [-0.4, -0.2) is 46.9 Å². The molecule has 0 spiro atoms. The Hall–Kier alpha value is -4.14. The number of rotatable bonds is 10. The molecule has 0 radical (unpaired) electrons. The number of carbonyl (C=O) groups excluding carboxylic acids is 4. The summed E-state index contributed by atoms with van der Waals surface area (Å²) < 4.78 is 5.27. The number of hydrogen-bond acceptors (Lipinski definition) is 5. The topological polar surface area (TPSA) is 131 Å². The molecule has 37 heavy (non-hydrogen) atoms. The van der Waals surface area contributed by atoms with Gasteiger partial charge in [0.05, 0.1) is 6.42 Å². The summed E-state index contributed by atoms with van der Waals surface area (Å²) in [6, 6.07) is 12.0. The second-order valence-corrected chi connectivity index (χ2v) is 9.77. The molecular formula is C28H36N4O5. The second kappa shape index (κ2) is 12.7. The maximum Gasteiger partial charge on any atom is 0.408 e. The standard InChI is InChI=1S/C28H36N4O5/c1-7-15-32(26(35)22(17-23(29)33)31-27(36)37-28(4,5)6)24(20-13-10-11-18(2)16-20)25(34)30-21-14-9-8-12-19(21)3/h7-14,16,22,24H,1,15,17H2,2-6H3,(H2,29,33)(H,30,34)(H,31,36). The van der Waals surface area contributed by atoms with E-state index in [1.54, 1.807) is 51.1 Å². The summed E-state index contributed by atoms with van der Waals surface area (Å²) in [4.78, 5) is 53.1. The highest BCUT2D eigenvalue weighted by Gasteiger charge is 2.36. The third kappa shape index (κ3) is 8.79. The van der Waals surface area contributed by atoms with Gasteiger partial charge in [0.1, 0.15) is 17.7 Å². The number of nitrogens with zero attached hydrogens (tertiary/aromatic N) is 1. The first-order chi connectivity index (χ1) is 17.3. The van der Waals surface area contributed by atoms with Gasteiger partial charge in [-0.15, -0.1) is 6.58 Å². The minimum Gasteiger partial charge on any atom is -0.444 e. The largest absolute Gasteiger partial charge is 0.444 e. The normalized spacial score (nSPS) is 12.6. The predicted molar refractivity (Wildman–Crippen MR) is 143 cm³/mol. The zero-order valence-corrected chi connectivity index (χ0v) is 22.0. The van der Waals surface area contributed by atoms with E-state index in [9.17, 15) is 19.2 Å². The van der Waals surface area contributed by atoms with E-state index in [1.165, 1.54) is 11.0 Å². The van der Waals surface area contributed by atoms with Gasteiger partial charge in [-0.25, -0.2) is 4.79 Å². The number of benzene rings is 2. The monoisotopic (exact) mass is 508 g/mol. The minimum atomic E-state index is -1.36. The maximum absolute atomic E-state index is 13.8. The van der Waals surface area contributed by atoms with Crippen molar-refractivity contribution < 1.29 is 23.9 Å². The Balaban J connectivity index is 2.52. The van der Waals surface area contributed by atoms with Crippen molar-refractivity contribution >= 4 is 29.5 Å². The van der Waals surface area contributed by atoms with Gasteiger partial charge in [0, 0.05) is 12.2 Å². The third-order valence-corrected chi connectivity index (χ3v) is 5.32. The minimum absolute atomic E-state index is 0.0378. The lowest BCUT2D eigenvalue weighted by Crippen LogP contribution is -2.53. The average Bonchev–Trinajstić information content (AvgIpc) is 2.78. The van der Waals surface area contributed by atoms with E-state index in [-0.39, 0.29) is 6.54 Å². The number of hydrogen-bond donors (Lipinski definition) is 3. The number of para-hydroxylation sites is 1. The number of carbonyl (C=O) groups is 4. The van der Waals surface area contributed by atoms with Crippen LogP contribution >= 0.6 is 0 Å². The number of primary amides is 1. The van der Waals surface area contributed by atoms with Gasteiger partial charge in [0.15, 0.2) is 0 Å². The highest BCUT2D eigenvalue weighted by molar-refractivity contribution is 6.00. The molecule has 2 aromatic rings. The van der Waals surface area contributed by atoms with E-state index < -0.39 is 47.9 Å². The molecule has 4 amide bonds. The molecule has 198 valence electrons. The zero-order valence-electron chi connectivity index (χ0n) is 22.0. The molecule has 4 N–H and O–H groups in total. The molecule has 0 saturated carbocycles. The molecule has 0 heterocycles. The highest BCUT2D eigenvalue weighted by atomic mass is 16.6. The number of aryl methyl sites for hydroxylation is 2. The van der Waals surface area contributed by atoms with Crippen molar-refractivity contribution in [3.63, 3.8) is 0 Å². The molecule has 0 aliphatic rings. The van der Waals surface area contributed by atoms with E-state index >= 15 is 0 Å². The molecule has 0 bridgehead atoms. The molecular weight excluding hydrogens is 472 g/mol. The first-order valence-electron chi connectivity index (χ1n) is 11.9. The van der Waals surface area contributed by atoms with Crippen LogP contribution in [0.2, 0.25) is 0 Å². The molecule has 0 saturated heterocycles. The van der Waals surface area contributed by atoms with Crippen molar-refractivity contribution in [3.8, 4) is 0 Å². The fraction of sp³-hybridized carbons (Fsp3) is 0.357. The van der Waals surface area contributed by atoms with Gasteiger partial charge in [-0.05, 0) is 51.8 Å². The average molecular weight is 509 g/mol. The fourth-order valence-electron chi connectivity index (χ4n) is 3.74. The Kier molecular flexibility index (Phi) is 9.99.